The SMILES string of the molecule is N#Cc1ccc(S(=O)(=O)N2CCN(C(=O)NCCc3cccc(F)c3)CC2)cc1. The van der Waals surface area contributed by atoms with Crippen molar-refractivity contribution >= 4 is 16.1 Å². The molecule has 0 unspecified atom stereocenters. The first-order valence-corrected chi connectivity index (χ1v) is 10.6. The number of nitrogens with one attached hydrogen (secondary N) is 1. The second-order valence-electron chi connectivity index (χ2n) is 6.64. The highest BCUT2D eigenvalue weighted by atomic mass is 32.2. The number of carbonyl (C=O) groups is 1. The van der Waals surface area contributed by atoms with E-state index in [1.807, 2.05) is 6.07 Å². The molecule has 1 fully saturated rings. The van der Waals surface area contributed by atoms with Crippen LogP contribution >= 0.6 is 0 Å². The largest absolute Gasteiger partial charge is 0.338 e. The van der Waals surface area contributed by atoms with E-state index >= 15 is 0 Å². The van der Waals surface area contributed by atoms with Gasteiger partial charge in [-0.2, -0.15) is 9.57 Å². The number of nitrogens with zero attached hydrogens (tertiary/aromatic N) is 3. The van der Waals surface area contributed by atoms with Gasteiger partial charge >= 0.3 is 6.03 Å². The molecule has 0 radical (unpaired) electrons. The van der Waals surface area contributed by atoms with Crippen molar-refractivity contribution in [3.8, 4) is 6.07 Å². The van der Waals surface area contributed by atoms with Crippen molar-refractivity contribution in [1.82, 2.24) is 14.5 Å². The second kappa shape index (κ2) is 9.03. The molecule has 2 aromatic rings. The van der Waals surface area contributed by atoms with Crippen molar-refractivity contribution in [3.05, 3.63) is 65.5 Å². The molecule has 0 aromatic heterocycles. The molecular formula is C20H21FN4O3S. The summed E-state index contributed by atoms with van der Waals surface area (Å²) in [7, 11) is -3.66. The van der Waals surface area contributed by atoms with Gasteiger partial charge in [0.1, 0.15) is 5.82 Å². The Labute approximate surface area is 169 Å². The van der Waals surface area contributed by atoms with Crippen LogP contribution in [0.4, 0.5) is 9.18 Å². The van der Waals surface area contributed by atoms with Gasteiger partial charge in [0.05, 0.1) is 16.5 Å². The standard InChI is InChI=1S/C20H21FN4O3S/c21-18-3-1-2-16(14-18)8-9-23-20(26)24-10-12-25(13-11-24)29(27,28)19-6-4-17(15-22)5-7-19/h1-7,14H,8-13H2,(H,23,26). The van der Waals surface area contributed by atoms with Crippen LogP contribution in [0.15, 0.2) is 53.4 Å². The maximum absolute atomic E-state index is 13.2. The molecule has 1 heterocycles. The number of sulfonamides is 1. The van der Waals surface area contributed by atoms with Crippen molar-refractivity contribution in [2.45, 2.75) is 11.3 Å². The predicted molar refractivity (Wildman–Crippen MR) is 105 cm³/mol. The number of nitriles is 1. The molecule has 1 aliphatic rings. The summed E-state index contributed by atoms with van der Waals surface area (Å²) < 4.78 is 39.9. The van der Waals surface area contributed by atoms with Crippen LogP contribution in [0, 0.1) is 17.1 Å². The Bertz CT molecular complexity index is 1010. The molecule has 7 nitrogen and oxygen atoms in total. The fraction of sp³-hybridized carbons (Fsp3) is 0.300. The first-order valence-electron chi connectivity index (χ1n) is 9.18. The molecule has 1 aliphatic heterocycles. The van der Waals surface area contributed by atoms with E-state index in [0.717, 1.165) is 5.56 Å². The van der Waals surface area contributed by atoms with Gasteiger partial charge in [0.15, 0.2) is 0 Å². The lowest BCUT2D eigenvalue weighted by atomic mass is 10.1. The third-order valence-electron chi connectivity index (χ3n) is 4.73. The van der Waals surface area contributed by atoms with Gasteiger partial charge in [-0.25, -0.2) is 17.6 Å². The number of piperazine rings is 1. The van der Waals surface area contributed by atoms with Crippen LogP contribution in [0.2, 0.25) is 0 Å². The number of urea groups is 1. The molecule has 1 N–H and O–H groups in total. The zero-order valence-corrected chi connectivity index (χ0v) is 16.5. The Balaban J connectivity index is 1.50. The van der Waals surface area contributed by atoms with E-state index in [4.69, 9.17) is 5.26 Å². The fourth-order valence-electron chi connectivity index (χ4n) is 3.10. The molecule has 0 bridgehead atoms. The van der Waals surface area contributed by atoms with Crippen molar-refractivity contribution in [1.29, 1.82) is 5.26 Å². The van der Waals surface area contributed by atoms with Crippen LogP contribution in [-0.4, -0.2) is 56.4 Å². The molecule has 29 heavy (non-hydrogen) atoms. The van der Waals surface area contributed by atoms with E-state index in [1.54, 1.807) is 17.0 Å². The molecule has 2 amide bonds. The summed E-state index contributed by atoms with van der Waals surface area (Å²) in [5, 5.41) is 11.6. The van der Waals surface area contributed by atoms with E-state index in [0.29, 0.717) is 18.5 Å². The van der Waals surface area contributed by atoms with Gasteiger partial charge < -0.3 is 10.2 Å². The third-order valence-corrected chi connectivity index (χ3v) is 6.64. The minimum atomic E-state index is -3.66. The summed E-state index contributed by atoms with van der Waals surface area (Å²) in [6.07, 6.45) is 0.510. The number of benzene rings is 2. The fourth-order valence-corrected chi connectivity index (χ4v) is 4.52. The average molecular weight is 416 g/mol. The highest BCUT2D eigenvalue weighted by Gasteiger charge is 2.30. The number of hydrogen-bond donors (Lipinski definition) is 1. The maximum Gasteiger partial charge on any atom is 0.317 e. The molecule has 0 saturated carbocycles. The molecule has 3 rings (SSSR count). The first-order chi connectivity index (χ1) is 13.9. The highest BCUT2D eigenvalue weighted by molar-refractivity contribution is 7.89. The summed E-state index contributed by atoms with van der Waals surface area (Å²) in [6.45, 7) is 1.31. The zero-order valence-electron chi connectivity index (χ0n) is 15.7. The molecular weight excluding hydrogens is 395 g/mol. The molecule has 0 atom stereocenters. The van der Waals surface area contributed by atoms with E-state index in [-0.39, 0.29) is 42.9 Å². The molecule has 1 saturated heterocycles. The third kappa shape index (κ3) is 5.10. The predicted octanol–water partition coefficient (Wildman–Crippen LogP) is 1.96. The molecule has 152 valence electrons. The lowest BCUT2D eigenvalue weighted by Gasteiger charge is -2.34. The lowest BCUT2D eigenvalue weighted by Crippen LogP contribution is -2.53. The van der Waals surface area contributed by atoms with Crippen molar-refractivity contribution in [2.24, 2.45) is 0 Å². The van der Waals surface area contributed by atoms with Gasteiger partial charge in [-0.15, -0.1) is 0 Å². The smallest absolute Gasteiger partial charge is 0.317 e. The van der Waals surface area contributed by atoms with E-state index < -0.39 is 10.0 Å². The van der Waals surface area contributed by atoms with Gasteiger partial charge in [0, 0.05) is 32.7 Å². The Morgan fingerprint density at radius 2 is 1.79 bits per heavy atom. The number of halogens is 1. The van der Waals surface area contributed by atoms with Gasteiger partial charge in [-0.05, 0) is 48.4 Å². The minimum Gasteiger partial charge on any atom is -0.338 e. The number of amides is 2. The summed E-state index contributed by atoms with van der Waals surface area (Å²) in [4.78, 5) is 14.0. The lowest BCUT2D eigenvalue weighted by molar-refractivity contribution is 0.172. The highest BCUT2D eigenvalue weighted by Crippen LogP contribution is 2.18. The average Bonchev–Trinajstić information content (AvgIpc) is 2.74. The Morgan fingerprint density at radius 1 is 1.10 bits per heavy atom. The van der Waals surface area contributed by atoms with Crippen LogP contribution in [0.3, 0.4) is 0 Å². The van der Waals surface area contributed by atoms with Crippen LogP contribution in [0.25, 0.3) is 0 Å². The summed E-state index contributed by atoms with van der Waals surface area (Å²) in [5.41, 5.74) is 1.19. The van der Waals surface area contributed by atoms with Crippen LogP contribution in [0.1, 0.15) is 11.1 Å². The molecule has 0 spiro atoms. The van der Waals surface area contributed by atoms with E-state index in [2.05, 4.69) is 5.32 Å². The van der Waals surface area contributed by atoms with Crippen molar-refractivity contribution in [2.75, 3.05) is 32.7 Å². The Morgan fingerprint density at radius 3 is 2.41 bits per heavy atom. The Hall–Kier alpha value is -2.96. The maximum atomic E-state index is 13.2. The van der Waals surface area contributed by atoms with Crippen LogP contribution in [0.5, 0.6) is 0 Å². The van der Waals surface area contributed by atoms with Crippen molar-refractivity contribution in [3.63, 3.8) is 0 Å². The topological polar surface area (TPSA) is 93.5 Å². The van der Waals surface area contributed by atoms with Gasteiger partial charge in [-0.3, -0.25) is 0 Å². The van der Waals surface area contributed by atoms with Crippen LogP contribution in [-0.2, 0) is 16.4 Å². The molecule has 2 aromatic carbocycles. The minimum absolute atomic E-state index is 0.129. The number of rotatable bonds is 5. The van der Waals surface area contributed by atoms with E-state index in [1.165, 1.54) is 40.7 Å². The summed E-state index contributed by atoms with van der Waals surface area (Å²) in [5.74, 6) is -0.312. The monoisotopic (exact) mass is 416 g/mol. The number of hydrogen-bond acceptors (Lipinski definition) is 4. The number of carbonyl (C=O) groups excluding carboxylic acids is 1. The quantitative estimate of drug-likeness (QED) is 0.806. The molecule has 0 aliphatic carbocycles. The molecule has 9 heteroatoms. The van der Waals surface area contributed by atoms with E-state index in [9.17, 15) is 17.6 Å². The van der Waals surface area contributed by atoms with Crippen LogP contribution < -0.4 is 5.32 Å². The van der Waals surface area contributed by atoms with Gasteiger partial charge in [0.25, 0.3) is 0 Å². The van der Waals surface area contributed by atoms with Crippen molar-refractivity contribution < 1.29 is 17.6 Å². The normalized spacial score (nSPS) is 15.0. The summed E-state index contributed by atoms with van der Waals surface area (Å²) >= 11 is 0. The second-order valence-corrected chi connectivity index (χ2v) is 8.58. The zero-order chi connectivity index (χ0) is 20.9. The van der Waals surface area contributed by atoms with Gasteiger partial charge in [0.2, 0.25) is 10.0 Å². The Kier molecular flexibility index (Phi) is 6.46. The first kappa shape index (κ1) is 20.8. The summed E-state index contributed by atoms with van der Waals surface area (Å²) in [6, 6.07) is 13.7. The van der Waals surface area contributed by atoms with Gasteiger partial charge in [-0.1, -0.05) is 12.1 Å².